The van der Waals surface area contributed by atoms with Crippen molar-refractivity contribution >= 4 is 44.6 Å². The molecule has 0 aliphatic heterocycles. The first-order valence-corrected chi connectivity index (χ1v) is 16.7. The van der Waals surface area contributed by atoms with Crippen molar-refractivity contribution in [2.45, 2.75) is 82.4 Å². The number of halogens is 1. The number of nitrogens with one attached hydrogen (secondary N) is 2. The molecule has 42 heavy (non-hydrogen) atoms. The summed E-state index contributed by atoms with van der Waals surface area (Å²) < 4.78 is 33.8. The minimum absolute atomic E-state index is 0.0147. The van der Waals surface area contributed by atoms with Crippen LogP contribution in [0.3, 0.4) is 0 Å². The van der Waals surface area contributed by atoms with Gasteiger partial charge in [-0.25, -0.2) is 13.4 Å². The van der Waals surface area contributed by atoms with Crippen molar-refractivity contribution in [2.24, 2.45) is 13.0 Å². The first kappa shape index (κ1) is 30.6. The largest absolute Gasteiger partial charge is 0.488 e. The summed E-state index contributed by atoms with van der Waals surface area (Å²) in [4.78, 5) is 11.3. The van der Waals surface area contributed by atoms with Gasteiger partial charge in [0.05, 0.1) is 29.4 Å². The molecule has 3 aromatic rings. The van der Waals surface area contributed by atoms with Gasteiger partial charge in [-0.2, -0.15) is 10.1 Å². The predicted octanol–water partition coefficient (Wildman–Crippen LogP) is 6.22. The first-order valence-electron chi connectivity index (χ1n) is 14.7. The Bertz CT molecular complexity index is 1530. The molecule has 0 saturated heterocycles. The highest BCUT2D eigenvalue weighted by molar-refractivity contribution is 7.91. The summed E-state index contributed by atoms with van der Waals surface area (Å²) in [6.45, 7) is 5.87. The average Bonchev–Trinajstić information content (AvgIpc) is 3.65. The third-order valence-electron chi connectivity index (χ3n) is 7.94. The molecule has 228 valence electrons. The third kappa shape index (κ3) is 7.18. The number of hydrogen-bond acceptors (Lipinski definition) is 9. The number of ether oxygens (including phenoxy) is 1. The SMILES string of the molecule is Cc1cc(Nc2ncc(Cl)c(Nc3cn(C)nc3S(=O)(=O)CC(C)C)n2)c(OC2CC2)cc1C1CCC(N(C)C)CC1. The highest BCUT2D eigenvalue weighted by Gasteiger charge is 2.29. The van der Waals surface area contributed by atoms with Gasteiger partial charge in [0, 0.05) is 19.3 Å². The Kier molecular flexibility index (Phi) is 9.01. The number of anilines is 4. The maximum atomic E-state index is 13.0. The number of aryl methyl sites for hydroxylation is 2. The summed E-state index contributed by atoms with van der Waals surface area (Å²) >= 11 is 6.46. The number of hydrogen-bond donors (Lipinski definition) is 2. The molecular weight excluding hydrogens is 574 g/mol. The molecule has 2 N–H and O–H groups in total. The number of benzene rings is 1. The van der Waals surface area contributed by atoms with E-state index in [2.05, 4.69) is 63.8 Å². The van der Waals surface area contributed by atoms with Crippen LogP contribution in [-0.4, -0.2) is 65.1 Å². The van der Waals surface area contributed by atoms with Crippen LogP contribution >= 0.6 is 11.6 Å². The molecule has 0 amide bonds. The summed E-state index contributed by atoms with van der Waals surface area (Å²) in [7, 11) is 2.40. The van der Waals surface area contributed by atoms with Crippen molar-refractivity contribution in [3.63, 3.8) is 0 Å². The average molecular weight is 616 g/mol. The van der Waals surface area contributed by atoms with E-state index in [-0.39, 0.29) is 33.6 Å². The van der Waals surface area contributed by atoms with Gasteiger partial charge in [-0.05, 0) is 94.6 Å². The zero-order chi connectivity index (χ0) is 30.2. The molecule has 0 unspecified atom stereocenters. The van der Waals surface area contributed by atoms with E-state index in [1.165, 1.54) is 34.8 Å². The third-order valence-corrected chi connectivity index (χ3v) is 10.2. The molecule has 2 aromatic heterocycles. The normalized spacial score (nSPS) is 19.4. The Morgan fingerprint density at radius 1 is 1.10 bits per heavy atom. The lowest BCUT2D eigenvalue weighted by Gasteiger charge is -2.33. The molecule has 2 fully saturated rings. The lowest BCUT2D eigenvalue weighted by molar-refractivity contribution is 0.216. The van der Waals surface area contributed by atoms with Gasteiger partial charge in [0.15, 0.2) is 15.7 Å². The minimum atomic E-state index is -3.61. The van der Waals surface area contributed by atoms with Crippen LogP contribution < -0.4 is 15.4 Å². The molecule has 0 spiro atoms. The van der Waals surface area contributed by atoms with Gasteiger partial charge in [0.25, 0.3) is 0 Å². The van der Waals surface area contributed by atoms with E-state index in [4.69, 9.17) is 16.3 Å². The Morgan fingerprint density at radius 2 is 1.81 bits per heavy atom. The first-order chi connectivity index (χ1) is 19.9. The van der Waals surface area contributed by atoms with Gasteiger partial charge in [-0.1, -0.05) is 25.4 Å². The van der Waals surface area contributed by atoms with E-state index in [1.807, 2.05) is 13.8 Å². The Labute approximate surface area is 254 Å². The molecule has 10 nitrogen and oxygen atoms in total. The van der Waals surface area contributed by atoms with Crippen molar-refractivity contribution in [3.8, 4) is 5.75 Å². The Balaban J connectivity index is 1.40. The van der Waals surface area contributed by atoms with Gasteiger partial charge >= 0.3 is 0 Å². The molecule has 1 aromatic carbocycles. The number of nitrogens with zero attached hydrogens (tertiary/aromatic N) is 5. The summed E-state index contributed by atoms with van der Waals surface area (Å²) in [5.74, 6) is 1.85. The zero-order valence-electron chi connectivity index (χ0n) is 25.3. The second-order valence-corrected chi connectivity index (χ2v) is 14.7. The van der Waals surface area contributed by atoms with Crippen molar-refractivity contribution in [1.29, 1.82) is 0 Å². The summed E-state index contributed by atoms with van der Waals surface area (Å²) in [6.07, 6.45) is 10.1. The fourth-order valence-corrected chi connectivity index (χ4v) is 7.54. The molecule has 2 aliphatic rings. The van der Waals surface area contributed by atoms with Gasteiger partial charge in [0.2, 0.25) is 11.0 Å². The number of sulfone groups is 1. The molecule has 12 heteroatoms. The smallest absolute Gasteiger partial charge is 0.229 e. The zero-order valence-corrected chi connectivity index (χ0v) is 26.9. The van der Waals surface area contributed by atoms with Crippen molar-refractivity contribution in [3.05, 3.63) is 40.7 Å². The van der Waals surface area contributed by atoms with Crippen LogP contribution in [0, 0.1) is 12.8 Å². The summed E-state index contributed by atoms with van der Waals surface area (Å²) in [5.41, 5.74) is 3.66. The maximum Gasteiger partial charge on any atom is 0.229 e. The van der Waals surface area contributed by atoms with Gasteiger partial charge < -0.3 is 20.3 Å². The van der Waals surface area contributed by atoms with Crippen molar-refractivity contribution in [2.75, 3.05) is 30.5 Å². The fraction of sp³-hybridized carbons (Fsp3) is 0.567. The van der Waals surface area contributed by atoms with E-state index in [9.17, 15) is 8.42 Å². The molecule has 2 saturated carbocycles. The second kappa shape index (κ2) is 12.4. The van der Waals surface area contributed by atoms with E-state index < -0.39 is 9.84 Å². The van der Waals surface area contributed by atoms with Crippen LogP contribution in [0.4, 0.5) is 23.1 Å². The van der Waals surface area contributed by atoms with E-state index in [0.717, 1.165) is 37.1 Å². The van der Waals surface area contributed by atoms with Gasteiger partial charge in [-0.3, -0.25) is 4.68 Å². The molecular formula is C30H42ClN7O3S. The summed E-state index contributed by atoms with van der Waals surface area (Å²) in [6, 6.07) is 4.97. The standard InChI is InChI=1S/C30H42ClN7O3S/c1-18(2)17-42(39,40)29-26(16-38(6)36-29)33-28-24(31)15-32-30(35-28)34-25-13-19(3)23(14-27(25)41-22-11-12-22)20-7-9-21(10-8-20)37(4)5/h13-16,18,20-22H,7-12,17H2,1-6H3,(H2,32,33,34,35). The van der Waals surface area contributed by atoms with Crippen LogP contribution in [-0.2, 0) is 16.9 Å². The van der Waals surface area contributed by atoms with Gasteiger partial charge in [-0.15, -0.1) is 0 Å². The Hall–Kier alpha value is -2.89. The number of rotatable bonds is 11. The quantitative estimate of drug-likeness (QED) is 0.259. The molecule has 0 radical (unpaired) electrons. The molecule has 0 atom stereocenters. The monoisotopic (exact) mass is 615 g/mol. The highest BCUT2D eigenvalue weighted by Crippen LogP contribution is 2.42. The lowest BCUT2D eigenvalue weighted by Crippen LogP contribution is -2.31. The number of aromatic nitrogens is 4. The van der Waals surface area contributed by atoms with E-state index in [1.54, 1.807) is 13.2 Å². The van der Waals surface area contributed by atoms with Gasteiger partial charge in [0.1, 0.15) is 10.8 Å². The molecule has 5 rings (SSSR count). The second-order valence-electron chi connectivity index (χ2n) is 12.3. The van der Waals surface area contributed by atoms with Crippen LogP contribution in [0.25, 0.3) is 0 Å². The van der Waals surface area contributed by atoms with E-state index >= 15 is 0 Å². The van der Waals surface area contributed by atoms with Crippen LogP contribution in [0.15, 0.2) is 29.6 Å². The van der Waals surface area contributed by atoms with Crippen LogP contribution in [0.1, 0.15) is 69.4 Å². The topological polar surface area (TPSA) is 114 Å². The van der Waals surface area contributed by atoms with Crippen LogP contribution in [0.5, 0.6) is 5.75 Å². The molecule has 2 aliphatic carbocycles. The molecule has 0 bridgehead atoms. The summed E-state index contributed by atoms with van der Waals surface area (Å²) in [5, 5.41) is 10.8. The van der Waals surface area contributed by atoms with Crippen molar-refractivity contribution < 1.29 is 13.2 Å². The van der Waals surface area contributed by atoms with Crippen LogP contribution in [0.2, 0.25) is 5.02 Å². The Morgan fingerprint density at radius 3 is 2.45 bits per heavy atom. The molecule has 2 heterocycles. The van der Waals surface area contributed by atoms with E-state index in [0.29, 0.717) is 23.6 Å². The predicted molar refractivity (Wildman–Crippen MR) is 167 cm³/mol. The lowest BCUT2D eigenvalue weighted by atomic mass is 9.80. The minimum Gasteiger partial charge on any atom is -0.488 e. The maximum absolute atomic E-state index is 13.0. The fourth-order valence-electron chi connectivity index (χ4n) is 5.67. The highest BCUT2D eigenvalue weighted by atomic mass is 35.5. The van der Waals surface area contributed by atoms with Crippen molar-refractivity contribution in [1.82, 2.24) is 24.6 Å².